The molecule has 1 atom stereocenters. The second-order valence-corrected chi connectivity index (χ2v) is 9.97. The summed E-state index contributed by atoms with van der Waals surface area (Å²) in [6.07, 6.45) is 1.87. The van der Waals surface area contributed by atoms with E-state index in [0.29, 0.717) is 11.3 Å². The van der Waals surface area contributed by atoms with E-state index in [4.69, 9.17) is 0 Å². The molecule has 1 saturated carbocycles. The molecule has 4 rings (SSSR count). The number of aryl methyl sites for hydroxylation is 1. The summed E-state index contributed by atoms with van der Waals surface area (Å²) in [7, 11) is -3.19. The largest absolute Gasteiger partial charge is 0.339 e. The van der Waals surface area contributed by atoms with Crippen LogP contribution < -0.4 is 4.90 Å². The Labute approximate surface area is 168 Å². The maximum Gasteiger partial charge on any atom is 0.339 e. The molecule has 0 unspecified atom stereocenters. The lowest BCUT2D eigenvalue weighted by atomic mass is 10.2. The predicted octanol–water partition coefficient (Wildman–Crippen LogP) is 0.468. The molecular formula is C19H21N3O6S. The van der Waals surface area contributed by atoms with Crippen LogP contribution in [-0.4, -0.2) is 72.1 Å². The first kappa shape index (κ1) is 19.6. The topological polar surface area (TPSA) is 112 Å². The van der Waals surface area contributed by atoms with Crippen molar-refractivity contribution in [1.29, 1.82) is 0 Å². The number of imide groups is 2. The molecule has 0 bridgehead atoms. The molecule has 1 aromatic carbocycles. The third kappa shape index (κ3) is 3.64. The van der Waals surface area contributed by atoms with Gasteiger partial charge in [0.1, 0.15) is 6.54 Å². The molecule has 3 fully saturated rings. The quantitative estimate of drug-likeness (QED) is 0.507. The van der Waals surface area contributed by atoms with E-state index in [1.54, 1.807) is 24.3 Å². The molecule has 9 nitrogen and oxygen atoms in total. The van der Waals surface area contributed by atoms with Crippen molar-refractivity contribution in [2.75, 3.05) is 23.0 Å². The molecule has 2 aliphatic heterocycles. The second kappa shape index (κ2) is 6.94. The molecular weight excluding hydrogens is 398 g/mol. The first-order valence-corrected chi connectivity index (χ1v) is 11.3. The Kier molecular flexibility index (Phi) is 4.68. The molecule has 5 amide bonds. The summed E-state index contributed by atoms with van der Waals surface area (Å²) >= 11 is 0. The highest BCUT2D eigenvalue weighted by Gasteiger charge is 2.48. The Bertz CT molecular complexity index is 999. The number of amides is 5. The van der Waals surface area contributed by atoms with Gasteiger partial charge in [0.2, 0.25) is 5.91 Å². The van der Waals surface area contributed by atoms with Gasteiger partial charge in [0.05, 0.1) is 17.2 Å². The normalized spacial score (nSPS) is 23.8. The number of sulfone groups is 1. The van der Waals surface area contributed by atoms with Crippen LogP contribution in [0.2, 0.25) is 0 Å². The van der Waals surface area contributed by atoms with Gasteiger partial charge in [-0.2, -0.15) is 0 Å². The molecule has 2 heterocycles. The van der Waals surface area contributed by atoms with E-state index >= 15 is 0 Å². The molecule has 0 spiro atoms. The lowest BCUT2D eigenvalue weighted by Gasteiger charge is -2.29. The fourth-order valence-corrected chi connectivity index (χ4v) is 5.55. The van der Waals surface area contributed by atoms with Crippen molar-refractivity contribution >= 4 is 39.3 Å². The number of rotatable bonds is 5. The third-order valence-corrected chi connectivity index (χ3v) is 7.22. The molecule has 0 N–H and O–H groups in total. The Morgan fingerprint density at radius 1 is 1.03 bits per heavy atom. The van der Waals surface area contributed by atoms with E-state index in [1.807, 2.05) is 6.92 Å². The van der Waals surface area contributed by atoms with Gasteiger partial charge in [0, 0.05) is 12.1 Å². The summed E-state index contributed by atoms with van der Waals surface area (Å²) in [6, 6.07) is 5.15. The van der Waals surface area contributed by atoms with E-state index in [-0.39, 0.29) is 23.2 Å². The number of hydrogen-bond acceptors (Lipinski definition) is 6. The first-order valence-electron chi connectivity index (χ1n) is 9.46. The van der Waals surface area contributed by atoms with Crippen molar-refractivity contribution in [3.63, 3.8) is 0 Å². The lowest BCUT2D eigenvalue weighted by molar-refractivity contribution is -0.143. The van der Waals surface area contributed by atoms with Gasteiger partial charge in [-0.25, -0.2) is 23.0 Å². The van der Waals surface area contributed by atoms with Crippen molar-refractivity contribution in [2.24, 2.45) is 0 Å². The van der Waals surface area contributed by atoms with Crippen molar-refractivity contribution in [3.8, 4) is 0 Å². The van der Waals surface area contributed by atoms with Crippen molar-refractivity contribution in [1.82, 2.24) is 9.80 Å². The predicted molar refractivity (Wildman–Crippen MR) is 103 cm³/mol. The van der Waals surface area contributed by atoms with Crippen LogP contribution in [0.4, 0.5) is 10.5 Å². The molecule has 0 aromatic heterocycles. The Balaban J connectivity index is 1.53. The van der Waals surface area contributed by atoms with Crippen molar-refractivity contribution < 1.29 is 27.6 Å². The fraction of sp³-hybridized carbons (Fsp3) is 0.474. The zero-order chi connectivity index (χ0) is 20.9. The number of anilines is 1. The molecule has 10 heteroatoms. The zero-order valence-corrected chi connectivity index (χ0v) is 16.7. The van der Waals surface area contributed by atoms with E-state index in [2.05, 4.69) is 0 Å². The number of nitrogens with zero attached hydrogens (tertiary/aromatic N) is 3. The number of hydrogen-bond donors (Lipinski definition) is 0. The standard InChI is InChI=1S/C19H21N3O6S/c1-12-2-4-14(5-3-12)22-18(25)17(24)20(19(22)26)10-16(23)21(13-6-7-13)15-8-9-29(27,28)11-15/h2-5,13,15H,6-11H2,1H3/t15-/m1/s1. The molecule has 29 heavy (non-hydrogen) atoms. The van der Waals surface area contributed by atoms with E-state index < -0.39 is 46.2 Å². The lowest BCUT2D eigenvalue weighted by Crippen LogP contribution is -2.49. The maximum absolute atomic E-state index is 12.9. The van der Waals surface area contributed by atoms with Gasteiger partial charge >= 0.3 is 17.8 Å². The SMILES string of the molecule is Cc1ccc(N2C(=O)C(=O)N(CC(=O)N(C3CC3)[C@@H]3CCS(=O)(=O)C3)C2=O)cc1. The second-order valence-electron chi connectivity index (χ2n) is 7.74. The van der Waals surface area contributed by atoms with E-state index in [1.165, 1.54) is 4.90 Å². The van der Waals surface area contributed by atoms with Gasteiger partial charge in [-0.05, 0) is 38.3 Å². The summed E-state index contributed by atoms with van der Waals surface area (Å²) in [5.74, 6) is -2.65. The molecule has 0 radical (unpaired) electrons. The van der Waals surface area contributed by atoms with Crippen LogP contribution in [0.1, 0.15) is 24.8 Å². The van der Waals surface area contributed by atoms with E-state index in [9.17, 15) is 27.6 Å². The Morgan fingerprint density at radius 3 is 2.24 bits per heavy atom. The minimum absolute atomic E-state index is 0.0232. The van der Waals surface area contributed by atoms with Gasteiger partial charge in [-0.1, -0.05) is 17.7 Å². The van der Waals surface area contributed by atoms with Crippen LogP contribution in [0.25, 0.3) is 0 Å². The average Bonchev–Trinajstić information content (AvgIpc) is 3.39. The Hall–Kier alpha value is -2.75. The molecule has 1 aliphatic carbocycles. The first-order chi connectivity index (χ1) is 13.7. The Morgan fingerprint density at radius 2 is 1.69 bits per heavy atom. The van der Waals surface area contributed by atoms with Crippen LogP contribution in [-0.2, 0) is 24.2 Å². The van der Waals surface area contributed by atoms with Gasteiger partial charge in [-0.3, -0.25) is 14.4 Å². The van der Waals surface area contributed by atoms with Crippen LogP contribution >= 0.6 is 0 Å². The highest BCUT2D eigenvalue weighted by Crippen LogP contribution is 2.33. The zero-order valence-electron chi connectivity index (χ0n) is 15.9. The molecule has 154 valence electrons. The summed E-state index contributed by atoms with van der Waals surface area (Å²) in [5, 5.41) is 0. The van der Waals surface area contributed by atoms with Crippen LogP contribution in [0, 0.1) is 6.92 Å². The van der Waals surface area contributed by atoms with Crippen LogP contribution in [0.15, 0.2) is 24.3 Å². The average molecular weight is 419 g/mol. The number of benzene rings is 1. The van der Waals surface area contributed by atoms with Gasteiger partial charge in [-0.15, -0.1) is 0 Å². The summed E-state index contributed by atoms with van der Waals surface area (Å²) in [4.78, 5) is 53.3. The van der Waals surface area contributed by atoms with Crippen LogP contribution in [0.5, 0.6) is 0 Å². The minimum atomic E-state index is -3.19. The highest BCUT2D eigenvalue weighted by atomic mass is 32.2. The van der Waals surface area contributed by atoms with E-state index in [0.717, 1.165) is 23.3 Å². The molecule has 2 saturated heterocycles. The van der Waals surface area contributed by atoms with Crippen LogP contribution in [0.3, 0.4) is 0 Å². The smallest absolute Gasteiger partial charge is 0.334 e. The van der Waals surface area contributed by atoms with Gasteiger partial charge in [0.25, 0.3) is 0 Å². The van der Waals surface area contributed by atoms with Crippen molar-refractivity contribution in [3.05, 3.63) is 29.8 Å². The number of carbonyl (C=O) groups is 4. The van der Waals surface area contributed by atoms with Gasteiger partial charge in [0.15, 0.2) is 9.84 Å². The molecule has 3 aliphatic rings. The molecule has 1 aromatic rings. The third-order valence-electron chi connectivity index (χ3n) is 5.47. The summed E-state index contributed by atoms with van der Waals surface area (Å²) in [6.45, 7) is 1.28. The van der Waals surface area contributed by atoms with Gasteiger partial charge < -0.3 is 4.90 Å². The fourth-order valence-electron chi connectivity index (χ4n) is 3.84. The minimum Gasteiger partial charge on any atom is -0.334 e. The summed E-state index contributed by atoms with van der Waals surface area (Å²) in [5.41, 5.74) is 1.19. The number of carbonyl (C=O) groups excluding carboxylic acids is 4. The summed E-state index contributed by atoms with van der Waals surface area (Å²) < 4.78 is 23.6. The van der Waals surface area contributed by atoms with Crippen molar-refractivity contribution in [2.45, 2.75) is 38.3 Å². The monoisotopic (exact) mass is 419 g/mol. The number of urea groups is 1. The maximum atomic E-state index is 12.9. The highest BCUT2D eigenvalue weighted by molar-refractivity contribution is 7.91.